The van der Waals surface area contributed by atoms with Gasteiger partial charge in [-0.05, 0) is 36.6 Å². The lowest BCUT2D eigenvalue weighted by atomic mass is 10.1. The van der Waals surface area contributed by atoms with Gasteiger partial charge in [0.05, 0.1) is 0 Å². The fraction of sp³-hybridized carbons (Fsp3) is 0.300. The van der Waals surface area contributed by atoms with Crippen molar-refractivity contribution in [3.8, 4) is 12.1 Å². The molecule has 2 rings (SSSR count). The molecule has 3 heteroatoms. The van der Waals surface area contributed by atoms with Gasteiger partial charge >= 0.3 is 0 Å². The van der Waals surface area contributed by atoms with E-state index >= 15 is 0 Å². The van der Waals surface area contributed by atoms with Gasteiger partial charge in [0.25, 0.3) is 0 Å². The van der Waals surface area contributed by atoms with Crippen molar-refractivity contribution in [3.63, 3.8) is 0 Å². The Kier molecular flexibility index (Phi) is 5.78. The molecule has 0 spiro atoms. The molecule has 116 valence electrons. The molecule has 0 N–H and O–H groups in total. The van der Waals surface area contributed by atoms with Gasteiger partial charge in [-0.25, -0.2) is 0 Å². The summed E-state index contributed by atoms with van der Waals surface area (Å²) in [5.41, 5.74) is 3.39. The topological polar surface area (TPSA) is 52.5 Å². The van der Waals surface area contributed by atoms with Gasteiger partial charge in [0.15, 0.2) is 0 Å². The number of nitriles is 2. The van der Waals surface area contributed by atoms with Gasteiger partial charge in [-0.15, -0.1) is 6.58 Å². The van der Waals surface area contributed by atoms with Crippen molar-refractivity contribution < 1.29 is 0 Å². The number of fused-ring (bicyclic) bond motifs is 1. The van der Waals surface area contributed by atoms with Crippen molar-refractivity contribution >= 4 is 17.0 Å². The fourth-order valence-corrected chi connectivity index (χ4v) is 2.74. The summed E-state index contributed by atoms with van der Waals surface area (Å²) in [5.74, 6) is 0. The van der Waals surface area contributed by atoms with E-state index in [2.05, 4.69) is 36.3 Å². The average Bonchev–Trinajstić information content (AvgIpc) is 2.90. The Hall–Kier alpha value is -2.78. The number of unbranched alkanes of at least 4 members (excludes halogenated alkanes) is 2. The summed E-state index contributed by atoms with van der Waals surface area (Å²) >= 11 is 0. The molecule has 3 nitrogen and oxygen atoms in total. The summed E-state index contributed by atoms with van der Waals surface area (Å²) in [6.07, 6.45) is 9.92. The highest BCUT2D eigenvalue weighted by molar-refractivity contribution is 5.91. The third-order valence-electron chi connectivity index (χ3n) is 3.90. The molecular formula is C20H21N3. The van der Waals surface area contributed by atoms with Crippen molar-refractivity contribution in [3.05, 3.63) is 53.8 Å². The normalized spacial score (nSPS) is 10.0. The molecule has 0 atom stereocenters. The largest absolute Gasteiger partial charge is 0.347 e. The van der Waals surface area contributed by atoms with E-state index in [1.807, 2.05) is 24.4 Å². The zero-order valence-electron chi connectivity index (χ0n) is 13.5. The highest BCUT2D eigenvalue weighted by Crippen LogP contribution is 2.26. The Labute approximate surface area is 137 Å². The van der Waals surface area contributed by atoms with E-state index in [1.54, 1.807) is 6.08 Å². The van der Waals surface area contributed by atoms with Crippen LogP contribution in [-0.4, -0.2) is 4.57 Å². The van der Waals surface area contributed by atoms with E-state index in [-0.39, 0.29) is 5.57 Å². The monoisotopic (exact) mass is 303 g/mol. The molecule has 1 heterocycles. The van der Waals surface area contributed by atoms with Crippen LogP contribution in [0.2, 0.25) is 0 Å². The maximum Gasteiger partial charge on any atom is 0.130 e. The van der Waals surface area contributed by atoms with E-state index in [0.717, 1.165) is 35.9 Å². The van der Waals surface area contributed by atoms with E-state index < -0.39 is 0 Å². The first-order valence-corrected chi connectivity index (χ1v) is 7.98. The average molecular weight is 303 g/mol. The van der Waals surface area contributed by atoms with Crippen LogP contribution in [0.15, 0.2) is 42.6 Å². The third-order valence-corrected chi connectivity index (χ3v) is 3.90. The van der Waals surface area contributed by atoms with Crippen LogP contribution in [0.1, 0.15) is 37.3 Å². The maximum atomic E-state index is 9.02. The highest BCUT2D eigenvalue weighted by atomic mass is 15.0. The Balaban J connectivity index is 2.52. The quantitative estimate of drug-likeness (QED) is 0.411. The Morgan fingerprint density at radius 1 is 1.26 bits per heavy atom. The number of aryl methyl sites for hydroxylation is 1. The molecule has 0 aliphatic carbocycles. The number of hydrogen-bond acceptors (Lipinski definition) is 2. The smallest absolute Gasteiger partial charge is 0.130 e. The first-order chi connectivity index (χ1) is 11.2. The maximum absolute atomic E-state index is 9.02. The molecule has 23 heavy (non-hydrogen) atoms. The number of hydrogen-bond donors (Lipinski definition) is 0. The molecule has 0 aliphatic rings. The second kappa shape index (κ2) is 8.01. The lowest BCUT2D eigenvalue weighted by molar-refractivity contribution is 0.616. The lowest BCUT2D eigenvalue weighted by Gasteiger charge is -2.05. The summed E-state index contributed by atoms with van der Waals surface area (Å²) in [4.78, 5) is 0. The lowest BCUT2D eigenvalue weighted by Crippen LogP contribution is -1.95. The van der Waals surface area contributed by atoms with Crippen LogP contribution in [0, 0.1) is 22.7 Å². The number of rotatable bonds is 7. The molecule has 0 radical (unpaired) electrons. The van der Waals surface area contributed by atoms with E-state index in [0.29, 0.717) is 0 Å². The number of benzene rings is 1. The van der Waals surface area contributed by atoms with Gasteiger partial charge in [-0.3, -0.25) is 0 Å². The van der Waals surface area contributed by atoms with Crippen LogP contribution in [0.3, 0.4) is 0 Å². The van der Waals surface area contributed by atoms with Gasteiger partial charge in [0.1, 0.15) is 17.7 Å². The molecule has 0 saturated carbocycles. The second-order valence-electron chi connectivity index (χ2n) is 5.61. The predicted octanol–water partition coefficient (Wildman–Crippen LogP) is 4.99. The molecule has 0 unspecified atom stereocenters. The minimum absolute atomic E-state index is 0.131. The Bertz CT molecular complexity index is 794. The summed E-state index contributed by atoms with van der Waals surface area (Å²) < 4.78 is 2.22. The van der Waals surface area contributed by atoms with Crippen LogP contribution in [-0.2, 0) is 13.0 Å². The van der Waals surface area contributed by atoms with Crippen LogP contribution >= 0.6 is 0 Å². The number of aromatic nitrogens is 1. The minimum atomic E-state index is 0.131. The van der Waals surface area contributed by atoms with Crippen molar-refractivity contribution in [1.29, 1.82) is 10.5 Å². The van der Waals surface area contributed by atoms with Gasteiger partial charge in [-0.1, -0.05) is 31.9 Å². The van der Waals surface area contributed by atoms with E-state index in [1.165, 1.54) is 18.4 Å². The summed E-state index contributed by atoms with van der Waals surface area (Å²) in [5, 5.41) is 19.1. The first kappa shape index (κ1) is 16.6. The van der Waals surface area contributed by atoms with Crippen molar-refractivity contribution in [1.82, 2.24) is 4.57 Å². The SMILES string of the molecule is C=CCc1ccc2c(c1)c(C=C(C#N)C#N)cn2CCCCC. The van der Waals surface area contributed by atoms with Crippen molar-refractivity contribution in [2.24, 2.45) is 0 Å². The molecule has 0 amide bonds. The molecule has 2 aromatic rings. The van der Waals surface area contributed by atoms with E-state index in [4.69, 9.17) is 10.5 Å². The molecular weight excluding hydrogens is 282 g/mol. The van der Waals surface area contributed by atoms with Crippen LogP contribution in [0.5, 0.6) is 0 Å². The first-order valence-electron chi connectivity index (χ1n) is 7.98. The number of nitrogens with zero attached hydrogens (tertiary/aromatic N) is 3. The molecule has 0 saturated heterocycles. The van der Waals surface area contributed by atoms with Crippen molar-refractivity contribution in [2.75, 3.05) is 0 Å². The summed E-state index contributed by atoms with van der Waals surface area (Å²) in [6.45, 7) is 6.93. The summed E-state index contributed by atoms with van der Waals surface area (Å²) in [6, 6.07) is 10.2. The minimum Gasteiger partial charge on any atom is -0.347 e. The zero-order chi connectivity index (χ0) is 16.7. The van der Waals surface area contributed by atoms with Crippen LogP contribution in [0.25, 0.3) is 17.0 Å². The molecule has 1 aromatic heterocycles. The van der Waals surface area contributed by atoms with Gasteiger partial charge < -0.3 is 4.57 Å². The number of allylic oxidation sites excluding steroid dienone is 2. The molecule has 0 fully saturated rings. The molecule has 1 aromatic carbocycles. The summed E-state index contributed by atoms with van der Waals surface area (Å²) in [7, 11) is 0. The predicted molar refractivity (Wildman–Crippen MR) is 94.6 cm³/mol. The standard InChI is InChI=1S/C20H21N3/c1-3-5-6-10-23-15-18(11-17(13-21)14-22)19-12-16(7-4-2)8-9-20(19)23/h4,8-9,11-12,15H,2-3,5-7,10H2,1H3. The molecule has 0 bridgehead atoms. The van der Waals surface area contributed by atoms with Crippen LogP contribution in [0.4, 0.5) is 0 Å². The van der Waals surface area contributed by atoms with E-state index in [9.17, 15) is 0 Å². The Morgan fingerprint density at radius 3 is 2.70 bits per heavy atom. The van der Waals surface area contributed by atoms with Crippen LogP contribution < -0.4 is 0 Å². The molecule has 0 aliphatic heterocycles. The fourth-order valence-electron chi connectivity index (χ4n) is 2.74. The third kappa shape index (κ3) is 3.90. The Morgan fingerprint density at radius 2 is 2.04 bits per heavy atom. The van der Waals surface area contributed by atoms with Gasteiger partial charge in [-0.2, -0.15) is 10.5 Å². The van der Waals surface area contributed by atoms with Gasteiger partial charge in [0, 0.05) is 29.2 Å². The second-order valence-corrected chi connectivity index (χ2v) is 5.61. The van der Waals surface area contributed by atoms with Crippen molar-refractivity contribution in [2.45, 2.75) is 39.2 Å². The highest BCUT2D eigenvalue weighted by Gasteiger charge is 2.09. The van der Waals surface area contributed by atoms with Gasteiger partial charge in [0.2, 0.25) is 0 Å². The zero-order valence-corrected chi connectivity index (χ0v) is 13.5.